The van der Waals surface area contributed by atoms with Crippen LogP contribution in [0.5, 0.6) is 0 Å². The van der Waals surface area contributed by atoms with Crippen molar-refractivity contribution in [1.82, 2.24) is 4.98 Å². The maximum atomic E-state index is 11.5. The lowest BCUT2D eigenvalue weighted by Crippen LogP contribution is -2.23. The summed E-state index contributed by atoms with van der Waals surface area (Å²) < 4.78 is 1.02. The molecule has 0 spiro atoms. The predicted octanol–water partition coefficient (Wildman–Crippen LogP) is 2.16. The molecule has 0 saturated heterocycles. The van der Waals surface area contributed by atoms with Gasteiger partial charge in [0.2, 0.25) is 0 Å². The number of pyridine rings is 1. The molecule has 0 saturated carbocycles. The van der Waals surface area contributed by atoms with Gasteiger partial charge in [0.25, 0.3) is 5.91 Å². The van der Waals surface area contributed by atoms with Crippen LogP contribution >= 0.6 is 15.9 Å². The average molecular weight is 335 g/mol. The average Bonchev–Trinajstić information content (AvgIpc) is 2.41. The predicted molar refractivity (Wildman–Crippen MR) is 83.4 cm³/mol. The molecule has 1 amide bonds. The first-order valence-corrected chi connectivity index (χ1v) is 6.77. The Morgan fingerprint density at radius 2 is 2.00 bits per heavy atom. The summed E-state index contributed by atoms with van der Waals surface area (Å²) in [6.45, 7) is 0.616. The van der Waals surface area contributed by atoms with Crippen LogP contribution in [0.3, 0.4) is 0 Å². The van der Waals surface area contributed by atoms with Crippen molar-refractivity contribution < 1.29 is 4.79 Å². The van der Waals surface area contributed by atoms with Gasteiger partial charge in [-0.3, -0.25) is 4.79 Å². The molecule has 0 unspecified atom stereocenters. The molecule has 0 aliphatic rings. The van der Waals surface area contributed by atoms with Gasteiger partial charge in [-0.25, -0.2) is 4.98 Å². The number of carbonyl (C=O) groups is 1. The number of amides is 1. The summed E-state index contributed by atoms with van der Waals surface area (Å²) in [5.41, 5.74) is 12.8. The molecule has 0 bridgehead atoms. The van der Waals surface area contributed by atoms with Gasteiger partial charge in [-0.2, -0.15) is 0 Å². The second-order valence-corrected chi connectivity index (χ2v) is 5.40. The fraction of sp³-hybridized carbons (Fsp3) is 0.143. The second kappa shape index (κ2) is 5.92. The lowest BCUT2D eigenvalue weighted by Gasteiger charge is -2.20. The number of nitrogen functional groups attached to an aromatic ring is 1. The number of primary amides is 1. The van der Waals surface area contributed by atoms with Crippen LogP contribution in [-0.4, -0.2) is 17.9 Å². The van der Waals surface area contributed by atoms with Crippen LogP contribution in [0.15, 0.2) is 41.0 Å². The third-order valence-electron chi connectivity index (χ3n) is 2.85. The molecule has 1 aromatic heterocycles. The Labute approximate surface area is 125 Å². The highest BCUT2D eigenvalue weighted by Gasteiger charge is 2.14. The molecule has 0 radical (unpaired) electrons. The number of halogens is 1. The molecule has 5 nitrogen and oxygen atoms in total. The van der Waals surface area contributed by atoms with Gasteiger partial charge in [-0.15, -0.1) is 0 Å². The molecule has 2 rings (SSSR count). The number of hydrogen-bond acceptors (Lipinski definition) is 4. The van der Waals surface area contributed by atoms with Gasteiger partial charge in [0.1, 0.15) is 5.82 Å². The first-order valence-electron chi connectivity index (χ1n) is 5.98. The number of rotatable bonds is 4. The Balaban J connectivity index is 2.27. The Bertz CT molecular complexity index is 628. The number of carbonyl (C=O) groups excluding carboxylic acids is 1. The number of aromatic nitrogens is 1. The van der Waals surface area contributed by atoms with E-state index < -0.39 is 5.91 Å². The number of nitrogens with two attached hydrogens (primary N) is 2. The van der Waals surface area contributed by atoms with E-state index in [1.807, 2.05) is 36.2 Å². The van der Waals surface area contributed by atoms with Crippen LogP contribution in [0.2, 0.25) is 0 Å². The van der Waals surface area contributed by atoms with E-state index in [1.165, 1.54) is 6.20 Å². The Morgan fingerprint density at radius 1 is 1.35 bits per heavy atom. The highest BCUT2D eigenvalue weighted by Crippen LogP contribution is 2.21. The van der Waals surface area contributed by atoms with Crippen molar-refractivity contribution in [3.63, 3.8) is 0 Å². The first kappa shape index (κ1) is 14.3. The van der Waals surface area contributed by atoms with Gasteiger partial charge >= 0.3 is 0 Å². The molecule has 20 heavy (non-hydrogen) atoms. The Kier molecular flexibility index (Phi) is 4.24. The lowest BCUT2D eigenvalue weighted by atomic mass is 10.2. The zero-order chi connectivity index (χ0) is 14.7. The number of hydrogen-bond donors (Lipinski definition) is 2. The van der Waals surface area contributed by atoms with E-state index in [2.05, 4.69) is 20.9 Å². The van der Waals surface area contributed by atoms with Crippen molar-refractivity contribution in [1.29, 1.82) is 0 Å². The van der Waals surface area contributed by atoms with Crippen LogP contribution < -0.4 is 16.4 Å². The molecule has 2 aromatic rings. The summed E-state index contributed by atoms with van der Waals surface area (Å²) in [6.07, 6.45) is 1.51. The maximum Gasteiger partial charge on any atom is 0.252 e. The van der Waals surface area contributed by atoms with E-state index in [0.717, 1.165) is 10.0 Å². The van der Waals surface area contributed by atoms with E-state index >= 15 is 0 Å². The van der Waals surface area contributed by atoms with Crippen LogP contribution in [0.4, 0.5) is 11.5 Å². The summed E-state index contributed by atoms with van der Waals surface area (Å²) in [6, 6.07) is 9.48. The topological polar surface area (TPSA) is 85.2 Å². The minimum Gasteiger partial charge on any atom is -0.397 e. The molecule has 0 aliphatic heterocycles. The molecule has 4 N–H and O–H groups in total. The third-order valence-corrected chi connectivity index (χ3v) is 3.38. The number of anilines is 2. The van der Waals surface area contributed by atoms with Gasteiger partial charge in [0.05, 0.1) is 17.4 Å². The molecule has 0 atom stereocenters. The minimum atomic E-state index is -0.539. The van der Waals surface area contributed by atoms with Crippen molar-refractivity contribution in [3.8, 4) is 0 Å². The first-order chi connectivity index (χ1) is 9.47. The van der Waals surface area contributed by atoms with Crippen molar-refractivity contribution >= 4 is 33.3 Å². The zero-order valence-electron chi connectivity index (χ0n) is 11.0. The molecule has 6 heteroatoms. The SMILES string of the molecule is CN(Cc1ccc(Br)cc1)c1ncc(N)cc1C(N)=O. The zero-order valence-corrected chi connectivity index (χ0v) is 12.6. The smallest absolute Gasteiger partial charge is 0.252 e. The van der Waals surface area contributed by atoms with E-state index in [1.54, 1.807) is 6.07 Å². The highest BCUT2D eigenvalue weighted by molar-refractivity contribution is 9.10. The summed E-state index contributed by atoms with van der Waals surface area (Å²) in [5.74, 6) is -0.0166. The summed E-state index contributed by atoms with van der Waals surface area (Å²) in [5, 5.41) is 0. The summed E-state index contributed by atoms with van der Waals surface area (Å²) in [4.78, 5) is 17.5. The molecule has 0 aliphatic carbocycles. The van der Waals surface area contributed by atoms with Crippen molar-refractivity contribution in [2.24, 2.45) is 5.73 Å². The normalized spacial score (nSPS) is 10.3. The summed E-state index contributed by atoms with van der Waals surface area (Å²) in [7, 11) is 1.85. The largest absolute Gasteiger partial charge is 0.397 e. The Hall–Kier alpha value is -2.08. The van der Waals surface area contributed by atoms with Crippen LogP contribution in [0.25, 0.3) is 0 Å². The van der Waals surface area contributed by atoms with Gasteiger partial charge in [0.15, 0.2) is 0 Å². The van der Waals surface area contributed by atoms with E-state index in [-0.39, 0.29) is 0 Å². The number of benzene rings is 1. The molecule has 1 aromatic carbocycles. The van der Waals surface area contributed by atoms with E-state index in [4.69, 9.17) is 11.5 Å². The van der Waals surface area contributed by atoms with Gasteiger partial charge < -0.3 is 16.4 Å². The van der Waals surface area contributed by atoms with Crippen molar-refractivity contribution in [3.05, 3.63) is 52.1 Å². The molecule has 0 fully saturated rings. The fourth-order valence-electron chi connectivity index (χ4n) is 1.90. The van der Waals surface area contributed by atoms with Crippen molar-refractivity contribution in [2.75, 3.05) is 17.7 Å². The minimum absolute atomic E-state index is 0.324. The molecule has 104 valence electrons. The van der Waals surface area contributed by atoms with Crippen molar-refractivity contribution in [2.45, 2.75) is 6.54 Å². The molecular weight excluding hydrogens is 320 g/mol. The van der Waals surface area contributed by atoms with Gasteiger partial charge in [0, 0.05) is 18.1 Å². The fourth-order valence-corrected chi connectivity index (χ4v) is 2.16. The lowest BCUT2D eigenvalue weighted by molar-refractivity contribution is 0.100. The maximum absolute atomic E-state index is 11.5. The number of nitrogens with zero attached hydrogens (tertiary/aromatic N) is 2. The molecule has 1 heterocycles. The third kappa shape index (κ3) is 3.27. The van der Waals surface area contributed by atoms with E-state index in [9.17, 15) is 4.79 Å². The van der Waals surface area contributed by atoms with Gasteiger partial charge in [-0.1, -0.05) is 28.1 Å². The van der Waals surface area contributed by atoms with Crippen LogP contribution in [0, 0.1) is 0 Å². The van der Waals surface area contributed by atoms with Gasteiger partial charge in [-0.05, 0) is 23.8 Å². The van der Waals surface area contributed by atoms with Crippen LogP contribution in [-0.2, 0) is 6.54 Å². The summed E-state index contributed by atoms with van der Waals surface area (Å²) >= 11 is 3.39. The Morgan fingerprint density at radius 3 is 2.60 bits per heavy atom. The van der Waals surface area contributed by atoms with Crippen LogP contribution in [0.1, 0.15) is 15.9 Å². The highest BCUT2D eigenvalue weighted by atomic mass is 79.9. The molecular formula is C14H15BrN4O. The quantitative estimate of drug-likeness (QED) is 0.897. The standard InChI is InChI=1S/C14H15BrN4O/c1-19(8-9-2-4-10(15)5-3-9)14-12(13(17)20)6-11(16)7-18-14/h2-7H,8,16H2,1H3,(H2,17,20). The van der Waals surface area contributed by atoms with E-state index in [0.29, 0.717) is 23.6 Å². The monoisotopic (exact) mass is 334 g/mol. The second-order valence-electron chi connectivity index (χ2n) is 4.49.